The van der Waals surface area contributed by atoms with Crippen LogP contribution in [0, 0.1) is 17.0 Å². The van der Waals surface area contributed by atoms with Crippen LogP contribution < -0.4 is 0 Å². The number of benzene rings is 1. The minimum atomic E-state index is -0.643. The van der Waals surface area contributed by atoms with Gasteiger partial charge in [0.1, 0.15) is 18.0 Å². The highest BCUT2D eigenvalue weighted by Crippen LogP contribution is 2.69. The van der Waals surface area contributed by atoms with Crippen LogP contribution in [-0.4, -0.2) is 29.7 Å². The van der Waals surface area contributed by atoms with Gasteiger partial charge in [-0.1, -0.05) is 19.9 Å². The molecule has 4 aromatic rings. The summed E-state index contributed by atoms with van der Waals surface area (Å²) in [5.41, 5.74) is 2.04. The van der Waals surface area contributed by atoms with E-state index >= 15 is 0 Å². The summed E-state index contributed by atoms with van der Waals surface area (Å²) in [6.07, 6.45) is 10.5. The third-order valence-electron chi connectivity index (χ3n) is 7.43. The molecular formula is C24H20F2N6. The molecule has 32 heavy (non-hydrogen) atoms. The SMILES string of the molecule is CC1(C)[C@H]2CC[C@]1(c1cncc(-n3ccnc3)n1)c1nnc(-c3c(F)cccc3F)cc12. The summed E-state index contributed by atoms with van der Waals surface area (Å²) in [5.74, 6) is -0.425. The third kappa shape index (κ3) is 2.35. The first kappa shape index (κ1) is 19.2. The van der Waals surface area contributed by atoms with Gasteiger partial charge in [-0.15, -0.1) is 5.10 Å². The molecule has 2 aliphatic rings. The molecule has 6 nitrogen and oxygen atoms in total. The lowest BCUT2D eigenvalue weighted by atomic mass is 9.66. The van der Waals surface area contributed by atoms with Crippen molar-refractivity contribution in [2.75, 3.05) is 0 Å². The van der Waals surface area contributed by atoms with E-state index in [-0.39, 0.29) is 22.6 Å². The Hall–Kier alpha value is -3.55. The maximum atomic E-state index is 14.4. The molecule has 1 fully saturated rings. The minimum absolute atomic E-state index is 0.140. The highest BCUT2D eigenvalue weighted by atomic mass is 19.1. The highest BCUT2D eigenvalue weighted by molar-refractivity contribution is 5.64. The molecule has 0 spiro atoms. The van der Waals surface area contributed by atoms with Gasteiger partial charge in [-0.25, -0.2) is 18.7 Å². The van der Waals surface area contributed by atoms with Crippen LogP contribution in [0.25, 0.3) is 17.1 Å². The Balaban J connectivity index is 1.54. The van der Waals surface area contributed by atoms with E-state index in [9.17, 15) is 8.78 Å². The molecule has 2 bridgehead atoms. The normalized spacial score (nSPS) is 22.8. The van der Waals surface area contributed by atoms with Gasteiger partial charge in [0.25, 0.3) is 0 Å². The number of fused-ring (bicyclic) bond motifs is 5. The predicted molar refractivity (Wildman–Crippen MR) is 113 cm³/mol. The smallest absolute Gasteiger partial charge is 0.156 e. The Labute approximate surface area is 183 Å². The second kappa shape index (κ2) is 6.48. The standard InChI is InChI=1S/C24H20F2N6/c1-23(2)15-6-7-24(23,19-11-28-12-20(29-19)32-9-8-27-13-32)22-14(15)10-18(30-31-22)21-16(25)4-3-5-17(21)26/h3-5,8-13,15H,6-7H2,1-2H3/t15-,24-/m0/s1. The lowest BCUT2D eigenvalue weighted by molar-refractivity contribution is 0.242. The summed E-state index contributed by atoms with van der Waals surface area (Å²) in [7, 11) is 0. The van der Waals surface area contributed by atoms with E-state index in [1.807, 2.05) is 16.8 Å². The van der Waals surface area contributed by atoms with Gasteiger partial charge >= 0.3 is 0 Å². The minimum Gasteiger partial charge on any atom is -0.289 e. The molecule has 0 radical (unpaired) electrons. The molecule has 8 heteroatoms. The monoisotopic (exact) mass is 430 g/mol. The van der Waals surface area contributed by atoms with E-state index in [0.29, 0.717) is 5.82 Å². The lowest BCUT2D eigenvalue weighted by Crippen LogP contribution is -2.38. The summed E-state index contributed by atoms with van der Waals surface area (Å²) < 4.78 is 30.6. The van der Waals surface area contributed by atoms with Crippen molar-refractivity contribution in [1.82, 2.24) is 29.7 Å². The van der Waals surface area contributed by atoms with Gasteiger partial charge in [-0.2, -0.15) is 5.10 Å². The Bertz CT molecular complexity index is 1330. The number of rotatable bonds is 3. The van der Waals surface area contributed by atoms with Crippen LogP contribution in [0.15, 0.2) is 55.4 Å². The maximum Gasteiger partial charge on any atom is 0.156 e. The van der Waals surface area contributed by atoms with E-state index in [0.717, 1.165) is 29.8 Å². The average molecular weight is 430 g/mol. The van der Waals surface area contributed by atoms with Gasteiger partial charge in [0.15, 0.2) is 5.82 Å². The average Bonchev–Trinajstić information content (AvgIpc) is 3.45. The topological polar surface area (TPSA) is 69.4 Å². The number of hydrogen-bond acceptors (Lipinski definition) is 5. The van der Waals surface area contributed by atoms with E-state index < -0.39 is 17.0 Å². The number of aromatic nitrogens is 6. The van der Waals surface area contributed by atoms with Gasteiger partial charge in [0.05, 0.1) is 34.3 Å². The Kier molecular flexibility index (Phi) is 3.88. The fraction of sp³-hybridized carbons (Fsp3) is 0.292. The zero-order valence-electron chi connectivity index (χ0n) is 17.6. The lowest BCUT2D eigenvalue weighted by Gasteiger charge is -2.37. The number of halogens is 2. The summed E-state index contributed by atoms with van der Waals surface area (Å²) in [5, 5.41) is 8.84. The Morgan fingerprint density at radius 3 is 2.62 bits per heavy atom. The maximum absolute atomic E-state index is 14.4. The van der Waals surface area contributed by atoms with Gasteiger partial charge in [-0.3, -0.25) is 9.55 Å². The molecule has 0 aliphatic heterocycles. The van der Waals surface area contributed by atoms with E-state index in [2.05, 4.69) is 34.0 Å². The second-order valence-corrected chi connectivity index (χ2v) is 9.08. The van der Waals surface area contributed by atoms with Crippen LogP contribution in [0.4, 0.5) is 8.78 Å². The van der Waals surface area contributed by atoms with Crippen molar-refractivity contribution in [3.63, 3.8) is 0 Å². The summed E-state index contributed by atoms with van der Waals surface area (Å²) >= 11 is 0. The number of hydrogen-bond donors (Lipinski definition) is 0. The van der Waals surface area contributed by atoms with Crippen molar-refractivity contribution in [3.05, 3.63) is 84.0 Å². The predicted octanol–water partition coefficient (Wildman–Crippen LogP) is 4.60. The molecule has 0 saturated heterocycles. The quantitative estimate of drug-likeness (QED) is 0.475. The van der Waals surface area contributed by atoms with E-state index in [1.54, 1.807) is 24.9 Å². The summed E-state index contributed by atoms with van der Waals surface area (Å²) in [6, 6.07) is 5.63. The first-order chi connectivity index (χ1) is 15.4. The van der Waals surface area contributed by atoms with Crippen molar-refractivity contribution in [2.24, 2.45) is 5.41 Å². The van der Waals surface area contributed by atoms with Crippen LogP contribution in [0.5, 0.6) is 0 Å². The van der Waals surface area contributed by atoms with Crippen molar-refractivity contribution < 1.29 is 8.78 Å². The van der Waals surface area contributed by atoms with Crippen molar-refractivity contribution in [1.29, 1.82) is 0 Å². The molecule has 1 saturated carbocycles. The largest absolute Gasteiger partial charge is 0.289 e. The number of nitrogens with zero attached hydrogens (tertiary/aromatic N) is 6. The molecule has 3 heterocycles. The fourth-order valence-corrected chi connectivity index (χ4v) is 5.84. The van der Waals surface area contributed by atoms with Gasteiger partial charge in [0, 0.05) is 18.6 Å². The van der Waals surface area contributed by atoms with Crippen LogP contribution in [0.2, 0.25) is 0 Å². The zero-order chi connectivity index (χ0) is 22.1. The van der Waals surface area contributed by atoms with Gasteiger partial charge in [-0.05, 0) is 47.9 Å². The molecule has 0 amide bonds. The summed E-state index contributed by atoms with van der Waals surface area (Å²) in [6.45, 7) is 4.42. The molecule has 6 rings (SSSR count). The second-order valence-electron chi connectivity index (χ2n) is 9.08. The van der Waals surface area contributed by atoms with Crippen molar-refractivity contribution in [2.45, 2.75) is 38.0 Å². The molecule has 3 aromatic heterocycles. The van der Waals surface area contributed by atoms with Crippen LogP contribution >= 0.6 is 0 Å². The Morgan fingerprint density at radius 2 is 1.88 bits per heavy atom. The van der Waals surface area contributed by atoms with Crippen molar-refractivity contribution in [3.8, 4) is 17.1 Å². The first-order valence-corrected chi connectivity index (χ1v) is 10.6. The molecule has 160 valence electrons. The first-order valence-electron chi connectivity index (χ1n) is 10.6. The molecule has 2 aliphatic carbocycles. The molecule has 0 unspecified atom stereocenters. The molecule has 2 atom stereocenters. The van der Waals surface area contributed by atoms with E-state index in [1.165, 1.54) is 18.2 Å². The van der Waals surface area contributed by atoms with Crippen LogP contribution in [0.3, 0.4) is 0 Å². The Morgan fingerprint density at radius 1 is 1.06 bits per heavy atom. The molecular weight excluding hydrogens is 410 g/mol. The molecule has 1 aromatic carbocycles. The number of imidazole rings is 1. The summed E-state index contributed by atoms with van der Waals surface area (Å²) in [4.78, 5) is 13.5. The van der Waals surface area contributed by atoms with Crippen molar-refractivity contribution >= 4 is 0 Å². The third-order valence-corrected chi connectivity index (χ3v) is 7.43. The van der Waals surface area contributed by atoms with E-state index in [4.69, 9.17) is 4.98 Å². The zero-order valence-corrected chi connectivity index (χ0v) is 17.6. The molecule has 0 N–H and O–H groups in total. The van der Waals surface area contributed by atoms with Gasteiger partial charge in [0.2, 0.25) is 0 Å². The highest BCUT2D eigenvalue weighted by Gasteiger charge is 2.65. The van der Waals surface area contributed by atoms with Gasteiger partial charge < -0.3 is 0 Å². The fourth-order valence-electron chi connectivity index (χ4n) is 5.84. The van der Waals surface area contributed by atoms with Crippen LogP contribution in [-0.2, 0) is 5.41 Å². The van der Waals surface area contributed by atoms with Crippen LogP contribution in [0.1, 0.15) is 49.6 Å².